The smallest absolute Gasteiger partial charge is 0.348 e. The number of allylic oxidation sites excluding steroid dienone is 4. The minimum atomic E-state index is -0.447. The van der Waals surface area contributed by atoms with Crippen LogP contribution in [0.25, 0.3) is 17.1 Å². The molecule has 0 N–H and O–H groups in total. The molecule has 0 saturated heterocycles. The van der Waals surface area contributed by atoms with Gasteiger partial charge in [0.1, 0.15) is 11.1 Å². The number of ether oxygens (including phenoxy) is 2. The zero-order chi connectivity index (χ0) is 17.1. The second kappa shape index (κ2) is 6.70. The molecule has 24 heavy (non-hydrogen) atoms. The molecular weight excluding hydrogens is 308 g/mol. The molecule has 3 rings (SSSR count). The van der Waals surface area contributed by atoms with E-state index in [-0.39, 0.29) is 11.8 Å². The average molecular weight is 326 g/mol. The number of methoxy groups -OCH3 is 2. The Kier molecular flexibility index (Phi) is 4.46. The van der Waals surface area contributed by atoms with Crippen molar-refractivity contribution in [2.24, 2.45) is 5.92 Å². The number of hydrogen-bond donors (Lipinski definition) is 0. The molecule has 1 unspecified atom stereocenters. The van der Waals surface area contributed by atoms with Crippen LogP contribution in [0, 0.1) is 5.92 Å². The Hall–Kier alpha value is -2.89. The first-order chi connectivity index (χ1) is 11.6. The maximum Gasteiger partial charge on any atom is 0.348 e. The molecule has 0 aromatic carbocycles. The summed E-state index contributed by atoms with van der Waals surface area (Å²) in [7, 11) is 3.24. The van der Waals surface area contributed by atoms with Crippen molar-refractivity contribution in [3.8, 4) is 0 Å². The van der Waals surface area contributed by atoms with Crippen LogP contribution in [0.2, 0.25) is 0 Å². The van der Waals surface area contributed by atoms with Crippen LogP contribution in [0.5, 0.6) is 0 Å². The van der Waals surface area contributed by atoms with E-state index >= 15 is 0 Å². The quantitative estimate of drug-likeness (QED) is 0.859. The first-order valence-corrected chi connectivity index (χ1v) is 7.59. The van der Waals surface area contributed by atoms with Crippen molar-refractivity contribution in [3.63, 3.8) is 0 Å². The molecule has 0 fully saturated rings. The van der Waals surface area contributed by atoms with Crippen molar-refractivity contribution in [1.29, 1.82) is 0 Å². The third-order valence-corrected chi connectivity index (χ3v) is 3.94. The van der Waals surface area contributed by atoms with Gasteiger partial charge in [0.25, 0.3) is 0 Å². The van der Waals surface area contributed by atoms with Gasteiger partial charge in [-0.2, -0.15) is 4.98 Å². The maximum absolute atomic E-state index is 12.0. The molecule has 2 aromatic rings. The van der Waals surface area contributed by atoms with Crippen LogP contribution >= 0.6 is 0 Å². The Morgan fingerprint density at radius 1 is 1.29 bits per heavy atom. The largest absolute Gasteiger partial charge is 0.497 e. The Labute approximate surface area is 139 Å². The van der Waals surface area contributed by atoms with Gasteiger partial charge in [0.05, 0.1) is 14.2 Å². The Balaban J connectivity index is 1.95. The molecule has 0 spiro atoms. The maximum atomic E-state index is 12.0. The standard InChI is InChI=1S/C18H18N2O4/c1-11-9-14(22-2)15(23-3)10-12(11)6-7-16-20-17-13(18(21)24-16)5-4-8-19-17/h4-8,10-11H,9H2,1-3H3/b7-6+. The molecule has 0 radical (unpaired) electrons. The summed E-state index contributed by atoms with van der Waals surface area (Å²) in [5, 5.41) is 0.370. The summed E-state index contributed by atoms with van der Waals surface area (Å²) < 4.78 is 15.9. The summed E-state index contributed by atoms with van der Waals surface area (Å²) in [6.07, 6.45) is 7.79. The number of aromatic nitrogens is 2. The first-order valence-electron chi connectivity index (χ1n) is 7.59. The van der Waals surface area contributed by atoms with Crippen LogP contribution in [0.4, 0.5) is 0 Å². The molecule has 2 aromatic heterocycles. The summed E-state index contributed by atoms with van der Waals surface area (Å²) in [5.74, 6) is 1.99. The van der Waals surface area contributed by atoms with E-state index in [0.29, 0.717) is 16.8 Å². The van der Waals surface area contributed by atoms with Crippen molar-refractivity contribution >= 4 is 17.1 Å². The normalized spacial score (nSPS) is 18.1. The highest BCUT2D eigenvalue weighted by Crippen LogP contribution is 2.30. The van der Waals surface area contributed by atoms with E-state index in [4.69, 9.17) is 13.9 Å². The van der Waals surface area contributed by atoms with Crippen molar-refractivity contribution in [3.05, 3.63) is 63.9 Å². The fourth-order valence-corrected chi connectivity index (χ4v) is 2.60. The van der Waals surface area contributed by atoms with E-state index in [1.165, 1.54) is 0 Å². The fourth-order valence-electron chi connectivity index (χ4n) is 2.60. The molecule has 1 atom stereocenters. The molecule has 0 saturated carbocycles. The van der Waals surface area contributed by atoms with Crippen LogP contribution < -0.4 is 5.63 Å². The highest BCUT2D eigenvalue weighted by molar-refractivity contribution is 5.73. The van der Waals surface area contributed by atoms with Crippen LogP contribution in [-0.2, 0) is 9.47 Å². The molecule has 6 heteroatoms. The number of hydrogen-bond acceptors (Lipinski definition) is 6. The summed E-state index contributed by atoms with van der Waals surface area (Å²) in [6, 6.07) is 3.32. The molecule has 0 amide bonds. The fraction of sp³-hybridized carbons (Fsp3) is 0.278. The third kappa shape index (κ3) is 3.08. The van der Waals surface area contributed by atoms with Gasteiger partial charge < -0.3 is 13.9 Å². The lowest BCUT2D eigenvalue weighted by molar-refractivity contribution is 0.210. The second-order valence-corrected chi connectivity index (χ2v) is 5.49. The SMILES string of the molecule is COC1=C(OC)CC(C)C(/C=C/c2nc3ncccc3c(=O)o2)=C1. The van der Waals surface area contributed by atoms with Crippen molar-refractivity contribution in [1.82, 2.24) is 9.97 Å². The lowest BCUT2D eigenvalue weighted by Gasteiger charge is -2.22. The summed E-state index contributed by atoms with van der Waals surface area (Å²) in [4.78, 5) is 20.3. The van der Waals surface area contributed by atoms with E-state index < -0.39 is 5.63 Å². The molecule has 124 valence electrons. The number of nitrogens with zero attached hydrogens (tertiary/aromatic N) is 2. The predicted molar refractivity (Wildman–Crippen MR) is 90.0 cm³/mol. The van der Waals surface area contributed by atoms with Crippen molar-refractivity contribution < 1.29 is 13.9 Å². The zero-order valence-electron chi connectivity index (χ0n) is 13.8. The highest BCUT2D eigenvalue weighted by atomic mass is 16.5. The Bertz CT molecular complexity index is 909. The Morgan fingerprint density at radius 2 is 2.12 bits per heavy atom. The van der Waals surface area contributed by atoms with Crippen LogP contribution in [0.1, 0.15) is 19.2 Å². The van der Waals surface area contributed by atoms with Gasteiger partial charge in [-0.15, -0.1) is 0 Å². The van der Waals surface area contributed by atoms with Crippen LogP contribution in [-0.4, -0.2) is 24.2 Å². The van der Waals surface area contributed by atoms with Gasteiger partial charge in [-0.25, -0.2) is 9.78 Å². The minimum Gasteiger partial charge on any atom is -0.497 e. The topological polar surface area (TPSA) is 74.5 Å². The number of rotatable bonds is 4. The first kappa shape index (κ1) is 16.0. The van der Waals surface area contributed by atoms with E-state index in [1.54, 1.807) is 38.6 Å². The molecular formula is C18H18N2O4. The lowest BCUT2D eigenvalue weighted by atomic mass is 9.91. The van der Waals surface area contributed by atoms with Crippen molar-refractivity contribution in [2.75, 3.05) is 14.2 Å². The lowest BCUT2D eigenvalue weighted by Crippen LogP contribution is -2.10. The van der Waals surface area contributed by atoms with Gasteiger partial charge in [0.15, 0.2) is 11.4 Å². The van der Waals surface area contributed by atoms with E-state index in [1.807, 2.05) is 12.2 Å². The predicted octanol–water partition coefficient (Wildman–Crippen LogP) is 3.07. The zero-order valence-corrected chi connectivity index (χ0v) is 13.8. The van der Waals surface area contributed by atoms with Gasteiger partial charge in [0.2, 0.25) is 5.89 Å². The monoisotopic (exact) mass is 326 g/mol. The summed E-state index contributed by atoms with van der Waals surface area (Å²) in [6.45, 7) is 2.09. The molecule has 1 aliphatic carbocycles. The van der Waals surface area contributed by atoms with Crippen LogP contribution in [0.15, 0.2) is 56.8 Å². The number of pyridine rings is 1. The molecule has 6 nitrogen and oxygen atoms in total. The molecule has 0 aliphatic heterocycles. The van der Waals surface area contributed by atoms with E-state index in [9.17, 15) is 4.79 Å². The van der Waals surface area contributed by atoms with Crippen molar-refractivity contribution in [2.45, 2.75) is 13.3 Å². The van der Waals surface area contributed by atoms with E-state index in [2.05, 4.69) is 16.9 Å². The Morgan fingerprint density at radius 3 is 2.88 bits per heavy atom. The highest BCUT2D eigenvalue weighted by Gasteiger charge is 2.20. The van der Waals surface area contributed by atoms with Gasteiger partial charge in [-0.3, -0.25) is 0 Å². The molecule has 0 bridgehead atoms. The van der Waals surface area contributed by atoms with Gasteiger partial charge in [-0.1, -0.05) is 13.0 Å². The van der Waals surface area contributed by atoms with Crippen LogP contribution in [0.3, 0.4) is 0 Å². The second-order valence-electron chi connectivity index (χ2n) is 5.49. The van der Waals surface area contributed by atoms with Gasteiger partial charge in [-0.05, 0) is 29.7 Å². The summed E-state index contributed by atoms with van der Waals surface area (Å²) >= 11 is 0. The van der Waals surface area contributed by atoms with Gasteiger partial charge >= 0.3 is 5.63 Å². The van der Waals surface area contributed by atoms with E-state index in [0.717, 1.165) is 17.8 Å². The molecule has 2 heterocycles. The summed E-state index contributed by atoms with van der Waals surface area (Å²) in [5.41, 5.74) is 0.967. The number of fused-ring (bicyclic) bond motifs is 1. The molecule has 1 aliphatic rings. The van der Waals surface area contributed by atoms with Gasteiger partial charge in [0, 0.05) is 18.7 Å². The average Bonchev–Trinajstić information content (AvgIpc) is 2.60. The minimum absolute atomic E-state index is 0.222. The third-order valence-electron chi connectivity index (χ3n) is 3.94.